The van der Waals surface area contributed by atoms with Crippen LogP contribution >= 0.6 is 11.3 Å². The molecule has 1 N–H and O–H groups in total. The lowest BCUT2D eigenvalue weighted by Crippen LogP contribution is -2.31. The van der Waals surface area contributed by atoms with Gasteiger partial charge in [0.1, 0.15) is 6.54 Å². The van der Waals surface area contributed by atoms with Crippen molar-refractivity contribution in [2.24, 2.45) is 0 Å². The van der Waals surface area contributed by atoms with Crippen molar-refractivity contribution >= 4 is 23.0 Å². The zero-order valence-electron chi connectivity index (χ0n) is 12.3. The van der Waals surface area contributed by atoms with Crippen LogP contribution in [0.2, 0.25) is 0 Å². The second-order valence-electron chi connectivity index (χ2n) is 5.37. The van der Waals surface area contributed by atoms with Gasteiger partial charge in [-0.2, -0.15) is 0 Å². The fourth-order valence-electron chi connectivity index (χ4n) is 2.76. The molecule has 1 aromatic heterocycles. The number of carboxylic acid groups (broad SMARTS) is 1. The lowest BCUT2D eigenvalue weighted by Gasteiger charge is -2.29. The molecule has 0 saturated heterocycles. The Morgan fingerprint density at radius 1 is 1.26 bits per heavy atom. The molecule has 0 spiro atoms. The van der Waals surface area contributed by atoms with E-state index in [9.17, 15) is 13.6 Å². The summed E-state index contributed by atoms with van der Waals surface area (Å²) in [7, 11) is 0. The molecule has 1 aliphatic rings. The monoisotopic (exact) mass is 335 g/mol. The van der Waals surface area contributed by atoms with Crippen molar-refractivity contribution in [3.8, 4) is 0 Å². The number of benzene rings is 1. The third-order valence-electron chi connectivity index (χ3n) is 3.89. The summed E-state index contributed by atoms with van der Waals surface area (Å²) in [5.41, 5.74) is 3.13. The van der Waals surface area contributed by atoms with Crippen molar-refractivity contribution < 1.29 is 18.7 Å². The van der Waals surface area contributed by atoms with Gasteiger partial charge in [-0.1, -0.05) is 18.2 Å². The van der Waals surface area contributed by atoms with Crippen molar-refractivity contribution in [2.75, 3.05) is 11.4 Å². The quantitative estimate of drug-likeness (QED) is 0.898. The van der Waals surface area contributed by atoms with Crippen LogP contribution in [0.15, 0.2) is 40.7 Å². The van der Waals surface area contributed by atoms with Crippen LogP contribution in [0, 0.1) is 11.6 Å². The molecule has 0 atom stereocenters. The minimum absolute atomic E-state index is 0.138. The molecule has 0 amide bonds. The lowest BCUT2D eigenvalue weighted by atomic mass is 10.0. The van der Waals surface area contributed by atoms with Gasteiger partial charge in [-0.3, -0.25) is 4.79 Å². The van der Waals surface area contributed by atoms with Gasteiger partial charge in [0.2, 0.25) is 0 Å². The van der Waals surface area contributed by atoms with Crippen molar-refractivity contribution in [3.63, 3.8) is 0 Å². The number of hydrogen-bond acceptors (Lipinski definition) is 3. The summed E-state index contributed by atoms with van der Waals surface area (Å²) in [5, 5.41) is 13.1. The lowest BCUT2D eigenvalue weighted by molar-refractivity contribution is -0.135. The summed E-state index contributed by atoms with van der Waals surface area (Å²) in [4.78, 5) is 12.9. The predicted octanol–water partition coefficient (Wildman–Crippen LogP) is 3.99. The van der Waals surface area contributed by atoms with Gasteiger partial charge in [-0.15, -0.1) is 11.3 Å². The highest BCUT2D eigenvalue weighted by molar-refractivity contribution is 7.08. The molecule has 0 unspecified atom stereocenters. The van der Waals surface area contributed by atoms with E-state index in [1.54, 1.807) is 11.0 Å². The van der Waals surface area contributed by atoms with Crippen LogP contribution in [0.3, 0.4) is 0 Å². The highest BCUT2D eigenvalue weighted by atomic mass is 32.1. The molecule has 2 aromatic rings. The maximum Gasteiger partial charge on any atom is 0.323 e. The Bertz CT molecular complexity index is 770. The molecule has 6 heteroatoms. The van der Waals surface area contributed by atoms with Crippen LogP contribution in [0.4, 0.5) is 14.5 Å². The number of allylic oxidation sites excluding steroid dienone is 2. The van der Waals surface area contributed by atoms with Gasteiger partial charge >= 0.3 is 5.97 Å². The van der Waals surface area contributed by atoms with Crippen LogP contribution in [0.1, 0.15) is 17.5 Å². The summed E-state index contributed by atoms with van der Waals surface area (Å²) < 4.78 is 27.0. The van der Waals surface area contributed by atoms with Crippen molar-refractivity contribution in [1.82, 2.24) is 0 Å². The third kappa shape index (κ3) is 3.27. The molecule has 3 rings (SSSR count). The summed E-state index contributed by atoms with van der Waals surface area (Å²) in [6.45, 7) is -0.138. The Labute approximate surface area is 136 Å². The van der Waals surface area contributed by atoms with Crippen LogP contribution in [0.5, 0.6) is 0 Å². The molecule has 23 heavy (non-hydrogen) atoms. The van der Waals surface area contributed by atoms with Gasteiger partial charge in [0.15, 0.2) is 11.6 Å². The molecular weight excluding hydrogens is 320 g/mol. The van der Waals surface area contributed by atoms with Crippen LogP contribution in [-0.4, -0.2) is 17.6 Å². The van der Waals surface area contributed by atoms with Crippen LogP contribution in [-0.2, 0) is 17.6 Å². The van der Waals surface area contributed by atoms with Gasteiger partial charge < -0.3 is 10.0 Å². The Balaban J connectivity index is 1.79. The normalized spacial score (nSPS) is 13.7. The number of halogens is 2. The first-order valence-corrected chi connectivity index (χ1v) is 8.17. The molecular formula is C17H15F2NO2S. The Kier molecular flexibility index (Phi) is 4.43. The van der Waals surface area contributed by atoms with E-state index in [1.807, 2.05) is 16.8 Å². The van der Waals surface area contributed by atoms with Gasteiger partial charge in [0.05, 0.1) is 5.69 Å². The van der Waals surface area contributed by atoms with E-state index in [0.29, 0.717) is 18.4 Å². The van der Waals surface area contributed by atoms with E-state index in [4.69, 9.17) is 5.11 Å². The first-order valence-electron chi connectivity index (χ1n) is 7.22. The highest BCUT2D eigenvalue weighted by Crippen LogP contribution is 2.34. The van der Waals surface area contributed by atoms with Crippen molar-refractivity contribution in [3.05, 3.63) is 63.5 Å². The third-order valence-corrected chi connectivity index (χ3v) is 4.67. The molecule has 3 nitrogen and oxygen atoms in total. The topological polar surface area (TPSA) is 40.5 Å². The molecule has 0 aliphatic carbocycles. The zero-order valence-corrected chi connectivity index (χ0v) is 13.1. The molecule has 0 saturated carbocycles. The van der Waals surface area contributed by atoms with Crippen LogP contribution < -0.4 is 4.90 Å². The van der Waals surface area contributed by atoms with E-state index in [-0.39, 0.29) is 6.54 Å². The number of aliphatic carboxylic acids is 1. The van der Waals surface area contributed by atoms with Gasteiger partial charge in [0, 0.05) is 11.1 Å². The van der Waals surface area contributed by atoms with Crippen molar-refractivity contribution in [1.29, 1.82) is 0 Å². The molecule has 0 fully saturated rings. The predicted molar refractivity (Wildman–Crippen MR) is 85.8 cm³/mol. The van der Waals surface area contributed by atoms with Crippen LogP contribution in [0.25, 0.3) is 0 Å². The maximum atomic E-state index is 13.8. The fraction of sp³-hybridized carbons (Fsp3) is 0.235. The number of fused-ring (bicyclic) bond motifs is 1. The average molecular weight is 335 g/mol. The van der Waals surface area contributed by atoms with Gasteiger partial charge in [0.25, 0.3) is 0 Å². The maximum absolute atomic E-state index is 13.8. The molecule has 1 aliphatic heterocycles. The number of anilines is 1. The standard InChI is InChI=1S/C17H15F2NO2S/c18-14-3-1-2-11(17(14)19)4-6-13-7-5-12-9-23-10-15(12)20(13)8-16(21)22/h1-3,7,9-10H,4-6,8H2,(H,21,22). The van der Waals surface area contributed by atoms with Crippen molar-refractivity contribution in [2.45, 2.75) is 19.3 Å². The van der Waals surface area contributed by atoms with E-state index >= 15 is 0 Å². The summed E-state index contributed by atoms with van der Waals surface area (Å²) >= 11 is 1.53. The summed E-state index contributed by atoms with van der Waals surface area (Å²) in [6, 6.07) is 4.13. The molecule has 0 radical (unpaired) electrons. The number of aryl methyl sites for hydroxylation is 1. The first kappa shape index (κ1) is 15.7. The molecule has 0 bridgehead atoms. The zero-order chi connectivity index (χ0) is 16.4. The minimum atomic E-state index is -0.924. The van der Waals surface area contributed by atoms with E-state index in [2.05, 4.69) is 0 Å². The number of rotatable bonds is 5. The average Bonchev–Trinajstić information content (AvgIpc) is 2.98. The van der Waals surface area contributed by atoms with Gasteiger partial charge in [-0.05, 0) is 41.8 Å². The number of nitrogens with zero attached hydrogens (tertiary/aromatic N) is 1. The first-order chi connectivity index (χ1) is 11.1. The second-order valence-corrected chi connectivity index (χ2v) is 6.12. The largest absolute Gasteiger partial charge is 0.480 e. The van der Waals surface area contributed by atoms with Gasteiger partial charge in [-0.25, -0.2) is 8.78 Å². The number of carboxylic acids is 1. The Hall–Kier alpha value is -2.21. The molecule has 2 heterocycles. The molecule has 1 aromatic carbocycles. The summed E-state index contributed by atoms with van der Waals surface area (Å²) in [5.74, 6) is -2.61. The second kappa shape index (κ2) is 6.50. The minimum Gasteiger partial charge on any atom is -0.480 e. The summed E-state index contributed by atoms with van der Waals surface area (Å²) in [6.07, 6.45) is 3.49. The smallest absolute Gasteiger partial charge is 0.323 e. The van der Waals surface area contributed by atoms with E-state index < -0.39 is 17.6 Å². The van der Waals surface area contributed by atoms with E-state index in [1.165, 1.54) is 17.4 Å². The highest BCUT2D eigenvalue weighted by Gasteiger charge is 2.23. The Morgan fingerprint density at radius 3 is 2.87 bits per heavy atom. The number of thiophene rings is 1. The number of carbonyl (C=O) groups is 1. The Morgan fingerprint density at radius 2 is 2.09 bits per heavy atom. The molecule has 120 valence electrons. The van der Waals surface area contributed by atoms with E-state index in [0.717, 1.165) is 29.4 Å². The number of hydrogen-bond donors (Lipinski definition) is 1. The fourth-order valence-corrected chi connectivity index (χ4v) is 3.62. The SMILES string of the molecule is O=C(O)CN1C(CCc2cccc(F)c2F)=CCc2cscc21.